The van der Waals surface area contributed by atoms with E-state index < -0.39 is 0 Å². The van der Waals surface area contributed by atoms with Crippen LogP contribution in [0.15, 0.2) is 24.3 Å². The van der Waals surface area contributed by atoms with Gasteiger partial charge in [0.25, 0.3) is 0 Å². The van der Waals surface area contributed by atoms with E-state index >= 15 is 0 Å². The van der Waals surface area contributed by atoms with E-state index in [2.05, 4.69) is 22.8 Å². The minimum Gasteiger partial charge on any atom is -0.369 e. The molecule has 0 aromatic heterocycles. The van der Waals surface area contributed by atoms with Crippen LogP contribution < -0.4 is 5.73 Å². The van der Waals surface area contributed by atoms with Crippen LogP contribution in [0.2, 0.25) is 5.02 Å². The number of benzene rings is 1. The molecule has 1 heterocycles. The van der Waals surface area contributed by atoms with Gasteiger partial charge in [-0.3, -0.25) is 14.6 Å². The fraction of sp³-hybridized carbons (Fsp3) is 0.500. The first kappa shape index (κ1) is 14.3. The number of nitrogens with two attached hydrogens (primary N) is 1. The van der Waals surface area contributed by atoms with Crippen LogP contribution >= 0.6 is 11.6 Å². The van der Waals surface area contributed by atoms with Crippen molar-refractivity contribution >= 4 is 17.5 Å². The van der Waals surface area contributed by atoms with Crippen LogP contribution in [0.5, 0.6) is 0 Å². The van der Waals surface area contributed by atoms with Crippen LogP contribution in [-0.4, -0.2) is 48.4 Å². The third-order valence-corrected chi connectivity index (χ3v) is 3.90. The fourth-order valence-corrected chi connectivity index (χ4v) is 2.71. The zero-order chi connectivity index (χ0) is 13.8. The van der Waals surface area contributed by atoms with Gasteiger partial charge in [-0.15, -0.1) is 0 Å². The minimum atomic E-state index is -0.253. The molecule has 0 spiro atoms. The van der Waals surface area contributed by atoms with E-state index in [1.54, 1.807) is 0 Å². The maximum Gasteiger partial charge on any atom is 0.231 e. The van der Waals surface area contributed by atoms with Crippen LogP contribution in [-0.2, 0) is 4.79 Å². The average Bonchev–Trinajstić information content (AvgIpc) is 2.38. The van der Waals surface area contributed by atoms with Crippen molar-refractivity contribution < 1.29 is 4.79 Å². The van der Waals surface area contributed by atoms with E-state index in [4.69, 9.17) is 17.3 Å². The molecule has 1 aliphatic heterocycles. The number of amides is 1. The predicted molar refractivity (Wildman–Crippen MR) is 77.1 cm³/mol. The Labute approximate surface area is 119 Å². The van der Waals surface area contributed by atoms with Crippen LogP contribution in [0.3, 0.4) is 0 Å². The molecule has 0 saturated carbocycles. The Morgan fingerprint density at radius 1 is 1.37 bits per heavy atom. The molecule has 0 radical (unpaired) electrons. The van der Waals surface area contributed by atoms with Crippen LogP contribution in [0.25, 0.3) is 0 Å². The van der Waals surface area contributed by atoms with E-state index in [0.717, 1.165) is 31.2 Å². The van der Waals surface area contributed by atoms with Crippen molar-refractivity contribution in [1.82, 2.24) is 9.80 Å². The summed E-state index contributed by atoms with van der Waals surface area (Å²) in [5, 5.41) is 0.775. The molecule has 1 aromatic rings. The molecule has 1 fully saturated rings. The van der Waals surface area contributed by atoms with Crippen molar-refractivity contribution in [3.8, 4) is 0 Å². The number of hydrogen-bond donors (Lipinski definition) is 1. The molecule has 104 valence electrons. The molecule has 4 nitrogen and oxygen atoms in total. The highest BCUT2D eigenvalue weighted by Crippen LogP contribution is 2.23. The highest BCUT2D eigenvalue weighted by atomic mass is 35.5. The van der Waals surface area contributed by atoms with Gasteiger partial charge < -0.3 is 5.73 Å². The largest absolute Gasteiger partial charge is 0.369 e. The average molecular weight is 282 g/mol. The van der Waals surface area contributed by atoms with E-state index in [9.17, 15) is 4.79 Å². The van der Waals surface area contributed by atoms with Crippen molar-refractivity contribution in [2.45, 2.75) is 13.0 Å². The first-order valence-electron chi connectivity index (χ1n) is 6.56. The maximum atomic E-state index is 10.9. The molecule has 1 aliphatic rings. The molecule has 0 bridgehead atoms. The van der Waals surface area contributed by atoms with Gasteiger partial charge in [0.05, 0.1) is 6.54 Å². The number of halogens is 1. The Morgan fingerprint density at radius 3 is 2.63 bits per heavy atom. The zero-order valence-electron chi connectivity index (χ0n) is 11.2. The van der Waals surface area contributed by atoms with Crippen LogP contribution in [0.1, 0.15) is 18.5 Å². The lowest BCUT2D eigenvalue weighted by Crippen LogP contribution is -2.49. The van der Waals surface area contributed by atoms with Gasteiger partial charge in [0.2, 0.25) is 5.91 Å². The Bertz CT molecular complexity index is 444. The standard InChI is InChI=1S/C14H20ClN3O/c1-11(12-3-2-4-13(15)9-12)18-7-5-17(6-8-18)10-14(16)19/h2-4,9,11H,5-8,10H2,1H3,(H2,16,19)/t11-/m1/s1. The Kier molecular flexibility index (Phi) is 4.80. The normalized spacial score (nSPS) is 19.3. The second kappa shape index (κ2) is 6.37. The van der Waals surface area contributed by atoms with Gasteiger partial charge in [-0.25, -0.2) is 0 Å². The second-order valence-electron chi connectivity index (χ2n) is 5.01. The third-order valence-electron chi connectivity index (χ3n) is 3.67. The van der Waals surface area contributed by atoms with E-state index in [1.165, 1.54) is 5.56 Å². The lowest BCUT2D eigenvalue weighted by Gasteiger charge is -2.37. The van der Waals surface area contributed by atoms with Crippen molar-refractivity contribution in [2.75, 3.05) is 32.7 Å². The first-order valence-corrected chi connectivity index (χ1v) is 6.94. The van der Waals surface area contributed by atoms with Gasteiger partial charge in [-0.1, -0.05) is 23.7 Å². The number of hydrogen-bond acceptors (Lipinski definition) is 3. The van der Waals surface area contributed by atoms with E-state index in [0.29, 0.717) is 12.6 Å². The van der Waals surface area contributed by atoms with Gasteiger partial charge in [-0.05, 0) is 24.6 Å². The molecule has 19 heavy (non-hydrogen) atoms. The smallest absolute Gasteiger partial charge is 0.231 e. The Hall–Kier alpha value is -1.10. The molecule has 0 unspecified atom stereocenters. The number of carbonyl (C=O) groups excluding carboxylic acids is 1. The third kappa shape index (κ3) is 3.93. The SMILES string of the molecule is C[C@H](c1cccc(Cl)c1)N1CCN(CC(N)=O)CC1. The lowest BCUT2D eigenvalue weighted by atomic mass is 10.1. The van der Waals surface area contributed by atoms with Crippen molar-refractivity contribution in [3.05, 3.63) is 34.9 Å². The van der Waals surface area contributed by atoms with Crippen LogP contribution in [0.4, 0.5) is 0 Å². The van der Waals surface area contributed by atoms with Crippen molar-refractivity contribution in [2.24, 2.45) is 5.73 Å². The summed E-state index contributed by atoms with van der Waals surface area (Å²) >= 11 is 6.03. The van der Waals surface area contributed by atoms with E-state index in [-0.39, 0.29) is 5.91 Å². The van der Waals surface area contributed by atoms with E-state index in [1.807, 2.05) is 18.2 Å². The summed E-state index contributed by atoms with van der Waals surface area (Å²) < 4.78 is 0. The van der Waals surface area contributed by atoms with Gasteiger partial charge in [-0.2, -0.15) is 0 Å². The topological polar surface area (TPSA) is 49.6 Å². The number of rotatable bonds is 4. The molecular weight excluding hydrogens is 262 g/mol. The van der Waals surface area contributed by atoms with Gasteiger partial charge in [0, 0.05) is 37.2 Å². The molecule has 1 atom stereocenters. The molecule has 1 saturated heterocycles. The van der Waals surface area contributed by atoms with Crippen molar-refractivity contribution in [3.63, 3.8) is 0 Å². The summed E-state index contributed by atoms with van der Waals surface area (Å²) in [6.45, 7) is 6.21. The Morgan fingerprint density at radius 2 is 2.05 bits per heavy atom. The van der Waals surface area contributed by atoms with Crippen molar-refractivity contribution in [1.29, 1.82) is 0 Å². The fourth-order valence-electron chi connectivity index (χ4n) is 2.51. The summed E-state index contributed by atoms with van der Waals surface area (Å²) in [4.78, 5) is 15.4. The molecule has 1 aromatic carbocycles. The molecular formula is C14H20ClN3O. The number of nitrogens with zero attached hydrogens (tertiary/aromatic N) is 2. The highest BCUT2D eigenvalue weighted by Gasteiger charge is 2.22. The Balaban J connectivity index is 1.92. The number of carbonyl (C=O) groups is 1. The molecule has 2 N–H and O–H groups in total. The monoisotopic (exact) mass is 281 g/mol. The zero-order valence-corrected chi connectivity index (χ0v) is 11.9. The molecule has 0 aliphatic carbocycles. The van der Waals surface area contributed by atoms with Gasteiger partial charge in [0.15, 0.2) is 0 Å². The summed E-state index contributed by atoms with van der Waals surface area (Å²) in [6, 6.07) is 8.34. The minimum absolute atomic E-state index is 0.253. The summed E-state index contributed by atoms with van der Waals surface area (Å²) in [6.07, 6.45) is 0. The predicted octanol–water partition coefficient (Wildman–Crippen LogP) is 1.50. The summed E-state index contributed by atoms with van der Waals surface area (Å²) in [7, 11) is 0. The lowest BCUT2D eigenvalue weighted by molar-refractivity contribution is -0.119. The summed E-state index contributed by atoms with van der Waals surface area (Å²) in [5.41, 5.74) is 6.45. The van der Waals surface area contributed by atoms with Gasteiger partial charge >= 0.3 is 0 Å². The first-order chi connectivity index (χ1) is 9.06. The molecule has 5 heteroatoms. The number of piperazine rings is 1. The number of primary amides is 1. The summed E-state index contributed by atoms with van der Waals surface area (Å²) in [5.74, 6) is -0.253. The highest BCUT2D eigenvalue weighted by molar-refractivity contribution is 6.30. The molecule has 2 rings (SSSR count). The molecule has 1 amide bonds. The van der Waals surface area contributed by atoms with Gasteiger partial charge in [0.1, 0.15) is 0 Å². The maximum absolute atomic E-state index is 10.9. The quantitative estimate of drug-likeness (QED) is 0.910. The second-order valence-corrected chi connectivity index (χ2v) is 5.45. The van der Waals surface area contributed by atoms with Crippen LogP contribution in [0, 0.1) is 0 Å².